The zero-order valence-electron chi connectivity index (χ0n) is 1.72. The Morgan fingerprint density at radius 1 is 1.00 bits per heavy atom. The van der Waals surface area contributed by atoms with Gasteiger partial charge in [-0.15, -0.1) is 0 Å². The summed E-state index contributed by atoms with van der Waals surface area (Å²) in [6.45, 7) is 0. The Morgan fingerprint density at radius 3 is 1.00 bits per heavy atom. The van der Waals surface area contributed by atoms with Gasteiger partial charge in [0.05, 0.1) is 0 Å². The van der Waals surface area contributed by atoms with E-state index in [4.69, 9.17) is 0 Å². The van der Waals surface area contributed by atoms with Crippen molar-refractivity contribution in [2.75, 3.05) is 0 Å². The summed E-state index contributed by atoms with van der Waals surface area (Å²) in [4.78, 5) is 0. The Bertz CT molecular complexity index is 8.00. The third kappa shape index (κ3) is 9.05. The van der Waals surface area contributed by atoms with Gasteiger partial charge in [-0.2, -0.15) is 0 Å². The van der Waals surface area contributed by atoms with Gasteiger partial charge < -0.3 is 0 Å². The van der Waals surface area contributed by atoms with Crippen LogP contribution in [0.3, 0.4) is 0 Å². The Labute approximate surface area is 67.0 Å². The molecule has 0 aromatic carbocycles. The molecule has 0 aromatic heterocycles. The van der Waals surface area contributed by atoms with Crippen molar-refractivity contribution in [3.05, 3.63) is 7.43 Å². The number of hydrogen-bond donors (Lipinski definition) is 0. The van der Waals surface area contributed by atoms with Crippen LogP contribution in [-0.4, -0.2) is 0 Å². The van der Waals surface area contributed by atoms with Gasteiger partial charge in [0.1, 0.15) is 0 Å². The molecule has 4 radical (unpaired) electrons. The standard InChI is InChI=1S/C.Cr.Pt.Ti. The van der Waals surface area contributed by atoms with Crippen LogP contribution in [0.25, 0.3) is 0 Å². The Kier molecular flexibility index (Phi) is 197. The van der Waals surface area contributed by atoms with Crippen molar-refractivity contribution in [3.63, 3.8) is 0 Å². The molecule has 0 N–H and O–H groups in total. The largest absolute Gasteiger partial charge is 0 e. The first-order valence-corrected chi connectivity index (χ1v) is 0. The maximum atomic E-state index is 0. The van der Waals surface area contributed by atoms with E-state index in [0.717, 1.165) is 0 Å². The van der Waals surface area contributed by atoms with Crippen molar-refractivity contribution in [1.82, 2.24) is 0 Å². The fourth-order valence-electron chi connectivity index (χ4n) is 0. The first-order valence-electron chi connectivity index (χ1n) is 0. The molecule has 0 aliphatic heterocycles. The van der Waals surface area contributed by atoms with Crippen LogP contribution in [0.1, 0.15) is 0 Å². The third-order valence-corrected chi connectivity index (χ3v) is 0. The third-order valence-electron chi connectivity index (χ3n) is 0. The second-order valence-electron chi connectivity index (χ2n) is 0. The molecule has 0 saturated heterocycles. The zero-order chi connectivity index (χ0) is 0. The monoisotopic (exact) mass is 307 g/mol. The zero-order valence-corrected chi connectivity index (χ0v) is 6.83. The summed E-state index contributed by atoms with van der Waals surface area (Å²) >= 11 is 0. The average molecular weight is 307 g/mol. The molecule has 0 saturated carbocycles. The minimum absolute atomic E-state index is 0. The molecular formula is CCrPtTi. The fraction of sp³-hybridized carbons (Fsp3) is 0. The Balaban J connectivity index is 0. The van der Waals surface area contributed by atoms with Gasteiger partial charge >= 0.3 is 0 Å². The van der Waals surface area contributed by atoms with E-state index >= 15 is 0 Å². The van der Waals surface area contributed by atoms with Gasteiger partial charge in [0.25, 0.3) is 0 Å². The van der Waals surface area contributed by atoms with Crippen molar-refractivity contribution in [2.24, 2.45) is 0 Å². The van der Waals surface area contributed by atoms with E-state index in [2.05, 4.69) is 0 Å². The average Bonchev–Trinajstić information content (AvgIpc) is 0. The van der Waals surface area contributed by atoms with Crippen LogP contribution in [0.2, 0.25) is 0 Å². The van der Waals surface area contributed by atoms with Crippen molar-refractivity contribution in [1.29, 1.82) is 0 Å². The molecule has 0 aliphatic rings. The second-order valence-corrected chi connectivity index (χ2v) is 0. The minimum Gasteiger partial charge on any atom is 0 e. The number of rotatable bonds is 0. The molecule has 0 atom stereocenters. The summed E-state index contributed by atoms with van der Waals surface area (Å²) in [5, 5.41) is 0. The second kappa shape index (κ2) is 20.4. The molecule has 0 fully saturated rings. The molecule has 0 aromatic rings. The molecular weight excluding hydrogens is 307 g/mol. The summed E-state index contributed by atoms with van der Waals surface area (Å²) in [5.74, 6) is 0. The summed E-state index contributed by atoms with van der Waals surface area (Å²) in [6.07, 6.45) is 0. The summed E-state index contributed by atoms with van der Waals surface area (Å²) < 4.78 is 0. The van der Waals surface area contributed by atoms with Gasteiger partial charge in [-0.3, -0.25) is 0 Å². The topological polar surface area (TPSA) is 0 Å². The quantitative estimate of drug-likeness (QED) is 0.556. The van der Waals surface area contributed by atoms with Crippen molar-refractivity contribution in [3.8, 4) is 0 Å². The van der Waals surface area contributed by atoms with Crippen LogP contribution in [0.4, 0.5) is 0 Å². The fourth-order valence-corrected chi connectivity index (χ4v) is 0. The van der Waals surface area contributed by atoms with Crippen molar-refractivity contribution < 1.29 is 60.1 Å². The molecule has 24 valence electrons. The van der Waals surface area contributed by atoms with E-state index in [0.29, 0.717) is 0 Å². The Hall–Kier alpha value is 1.94. The predicted octanol–water partition coefficient (Wildman–Crippen LogP) is 0.0738. The first-order chi connectivity index (χ1) is 0. The maximum absolute atomic E-state index is 0. The molecule has 0 unspecified atom stereocenters. The van der Waals surface area contributed by atoms with Gasteiger partial charge in [-0.1, -0.05) is 0 Å². The molecule has 0 aliphatic carbocycles. The summed E-state index contributed by atoms with van der Waals surface area (Å²) in [6, 6.07) is 0. The van der Waals surface area contributed by atoms with E-state index in [1.54, 1.807) is 0 Å². The molecule has 3 heteroatoms. The normalized spacial score (nSPS) is 0. The van der Waals surface area contributed by atoms with E-state index in [-0.39, 0.29) is 67.6 Å². The van der Waals surface area contributed by atoms with Crippen molar-refractivity contribution in [2.45, 2.75) is 0 Å². The molecule has 0 heterocycles. The van der Waals surface area contributed by atoms with Crippen molar-refractivity contribution >= 4 is 0 Å². The van der Waals surface area contributed by atoms with Gasteiger partial charge in [-0.05, 0) is 0 Å². The smallest absolute Gasteiger partial charge is 0 e. The van der Waals surface area contributed by atoms with Crippen LogP contribution < -0.4 is 0 Å². The summed E-state index contributed by atoms with van der Waals surface area (Å²) in [7, 11) is 0. The van der Waals surface area contributed by atoms with Crippen LogP contribution in [0, 0.1) is 7.43 Å². The molecule has 0 bridgehead atoms. The SMILES string of the molecule is [C].[Cr].[Pt].[Ti]. The predicted molar refractivity (Wildman–Crippen MR) is 3.24 cm³/mol. The maximum Gasteiger partial charge on any atom is 0 e. The van der Waals surface area contributed by atoms with Gasteiger partial charge in [0.15, 0.2) is 0 Å². The van der Waals surface area contributed by atoms with E-state index < -0.39 is 0 Å². The minimum atomic E-state index is 0. The molecule has 0 amide bonds. The molecule has 4 heavy (non-hydrogen) atoms. The van der Waals surface area contributed by atoms with E-state index in [9.17, 15) is 0 Å². The molecule has 0 rings (SSSR count). The van der Waals surface area contributed by atoms with Crippen LogP contribution >= 0.6 is 0 Å². The van der Waals surface area contributed by atoms with E-state index in [1.165, 1.54) is 0 Å². The van der Waals surface area contributed by atoms with Crippen LogP contribution in [-0.2, 0) is 60.1 Å². The van der Waals surface area contributed by atoms with Gasteiger partial charge in [0.2, 0.25) is 0 Å². The first kappa shape index (κ1) is 38.6. The molecule has 0 spiro atoms. The molecule has 0 nitrogen and oxygen atoms in total. The number of hydrogen-bond acceptors (Lipinski definition) is 0. The van der Waals surface area contributed by atoms with E-state index in [1.807, 2.05) is 0 Å². The van der Waals surface area contributed by atoms with Crippen LogP contribution in [0.5, 0.6) is 0 Å². The van der Waals surface area contributed by atoms with Gasteiger partial charge in [0, 0.05) is 67.6 Å². The van der Waals surface area contributed by atoms with Gasteiger partial charge in [-0.25, -0.2) is 0 Å². The Morgan fingerprint density at radius 2 is 1.00 bits per heavy atom. The van der Waals surface area contributed by atoms with Crippen LogP contribution in [0.15, 0.2) is 0 Å². The summed E-state index contributed by atoms with van der Waals surface area (Å²) in [5.41, 5.74) is 0.